The first kappa shape index (κ1) is 11.9. The Bertz CT molecular complexity index is 337. The maximum absolute atomic E-state index is 11.4. The number of sulfone groups is 1. The zero-order chi connectivity index (χ0) is 11.1. The quantitative estimate of drug-likeness (QED) is 0.734. The lowest BCUT2D eigenvalue weighted by Crippen LogP contribution is -2.37. The van der Waals surface area contributed by atoms with Crippen molar-refractivity contribution in [1.82, 2.24) is 4.90 Å². The van der Waals surface area contributed by atoms with Crippen LogP contribution in [0.5, 0.6) is 0 Å². The first-order valence-electron chi connectivity index (χ1n) is 5.43. The van der Waals surface area contributed by atoms with E-state index in [2.05, 4.69) is 27.9 Å². The van der Waals surface area contributed by atoms with Gasteiger partial charge in [-0.1, -0.05) is 15.9 Å². The van der Waals surface area contributed by atoms with Crippen molar-refractivity contribution in [2.24, 2.45) is 5.41 Å². The molecule has 0 bridgehead atoms. The molecule has 2 fully saturated rings. The molecule has 1 aliphatic heterocycles. The van der Waals surface area contributed by atoms with E-state index < -0.39 is 9.84 Å². The number of nitrogens with zero attached hydrogens (tertiary/aromatic N) is 1. The van der Waals surface area contributed by atoms with E-state index in [-0.39, 0.29) is 6.04 Å². The molecule has 1 saturated carbocycles. The van der Waals surface area contributed by atoms with Gasteiger partial charge >= 0.3 is 0 Å². The standard InChI is InChI=1S/C10H18BrNO2S/c1-12(8-10(7-11)3-4-10)9-2-5-15(13,14)6-9/h9H,2-8H2,1H3. The van der Waals surface area contributed by atoms with E-state index in [1.54, 1.807) is 0 Å². The second kappa shape index (κ2) is 4.00. The van der Waals surface area contributed by atoms with Gasteiger partial charge in [-0.2, -0.15) is 0 Å². The third kappa shape index (κ3) is 2.74. The van der Waals surface area contributed by atoms with Crippen molar-refractivity contribution in [2.45, 2.75) is 25.3 Å². The van der Waals surface area contributed by atoms with Crippen molar-refractivity contribution >= 4 is 25.8 Å². The van der Waals surface area contributed by atoms with E-state index in [0.717, 1.165) is 18.3 Å². The number of alkyl halides is 1. The molecular weight excluding hydrogens is 278 g/mol. The average molecular weight is 296 g/mol. The smallest absolute Gasteiger partial charge is 0.151 e. The molecule has 0 amide bonds. The molecule has 0 radical (unpaired) electrons. The Morgan fingerprint density at radius 3 is 2.53 bits per heavy atom. The number of rotatable bonds is 4. The molecule has 0 spiro atoms. The maximum atomic E-state index is 11.4. The fourth-order valence-corrected chi connectivity index (χ4v) is 4.84. The zero-order valence-electron chi connectivity index (χ0n) is 9.08. The minimum Gasteiger partial charge on any atom is -0.302 e. The van der Waals surface area contributed by atoms with Crippen LogP contribution in [0.4, 0.5) is 0 Å². The van der Waals surface area contributed by atoms with Crippen molar-refractivity contribution in [3.8, 4) is 0 Å². The van der Waals surface area contributed by atoms with Crippen LogP contribution in [-0.4, -0.2) is 49.8 Å². The molecule has 88 valence electrons. The monoisotopic (exact) mass is 295 g/mol. The van der Waals surface area contributed by atoms with Crippen molar-refractivity contribution in [1.29, 1.82) is 0 Å². The summed E-state index contributed by atoms with van der Waals surface area (Å²) in [5.41, 5.74) is 0.446. The van der Waals surface area contributed by atoms with Crippen molar-refractivity contribution in [2.75, 3.05) is 30.4 Å². The summed E-state index contributed by atoms with van der Waals surface area (Å²) < 4.78 is 22.7. The van der Waals surface area contributed by atoms with Gasteiger partial charge in [0.25, 0.3) is 0 Å². The zero-order valence-corrected chi connectivity index (χ0v) is 11.5. The molecule has 5 heteroatoms. The molecule has 0 N–H and O–H groups in total. The fourth-order valence-electron chi connectivity index (χ4n) is 2.29. The van der Waals surface area contributed by atoms with Gasteiger partial charge in [-0.15, -0.1) is 0 Å². The molecule has 2 aliphatic rings. The van der Waals surface area contributed by atoms with Gasteiger partial charge in [0, 0.05) is 17.9 Å². The highest BCUT2D eigenvalue weighted by Gasteiger charge is 2.44. The van der Waals surface area contributed by atoms with Crippen LogP contribution in [0, 0.1) is 5.41 Å². The van der Waals surface area contributed by atoms with E-state index in [0.29, 0.717) is 16.9 Å². The molecule has 0 aromatic rings. The summed E-state index contributed by atoms with van der Waals surface area (Å²) in [7, 11) is -0.672. The van der Waals surface area contributed by atoms with E-state index in [9.17, 15) is 8.42 Å². The lowest BCUT2D eigenvalue weighted by atomic mass is 10.1. The number of hydrogen-bond donors (Lipinski definition) is 0. The minimum absolute atomic E-state index is 0.256. The Morgan fingerprint density at radius 1 is 1.47 bits per heavy atom. The Morgan fingerprint density at radius 2 is 2.13 bits per heavy atom. The topological polar surface area (TPSA) is 37.4 Å². The second-order valence-electron chi connectivity index (χ2n) is 5.11. The minimum atomic E-state index is -2.74. The number of halogens is 1. The van der Waals surface area contributed by atoms with Gasteiger partial charge in [0.1, 0.15) is 0 Å². The highest BCUT2D eigenvalue weighted by atomic mass is 79.9. The first-order chi connectivity index (χ1) is 6.96. The summed E-state index contributed by atoms with van der Waals surface area (Å²) in [5.74, 6) is 0.741. The lowest BCUT2D eigenvalue weighted by Gasteiger charge is -2.27. The maximum Gasteiger partial charge on any atom is 0.151 e. The third-order valence-corrected chi connectivity index (χ3v) is 6.60. The largest absolute Gasteiger partial charge is 0.302 e. The molecule has 15 heavy (non-hydrogen) atoms. The molecule has 0 aromatic heterocycles. The Kier molecular flexibility index (Phi) is 3.17. The van der Waals surface area contributed by atoms with Crippen LogP contribution in [-0.2, 0) is 9.84 Å². The van der Waals surface area contributed by atoms with Gasteiger partial charge in [0.15, 0.2) is 9.84 Å². The van der Waals surface area contributed by atoms with Crippen LogP contribution in [0.25, 0.3) is 0 Å². The van der Waals surface area contributed by atoms with Crippen LogP contribution in [0.2, 0.25) is 0 Å². The van der Waals surface area contributed by atoms with E-state index in [4.69, 9.17) is 0 Å². The van der Waals surface area contributed by atoms with Gasteiger partial charge in [0.2, 0.25) is 0 Å². The highest BCUT2D eigenvalue weighted by molar-refractivity contribution is 9.09. The Labute approximate surface area is 100 Å². The predicted molar refractivity (Wildman–Crippen MR) is 65.1 cm³/mol. The summed E-state index contributed by atoms with van der Waals surface area (Å²) in [4.78, 5) is 2.25. The fraction of sp³-hybridized carbons (Fsp3) is 1.00. The summed E-state index contributed by atoms with van der Waals surface area (Å²) in [6.07, 6.45) is 3.38. The summed E-state index contributed by atoms with van der Waals surface area (Å²) >= 11 is 3.55. The van der Waals surface area contributed by atoms with Gasteiger partial charge in [-0.05, 0) is 31.7 Å². The van der Waals surface area contributed by atoms with Crippen molar-refractivity contribution in [3.63, 3.8) is 0 Å². The van der Waals surface area contributed by atoms with E-state index in [1.807, 2.05) is 0 Å². The van der Waals surface area contributed by atoms with Crippen molar-refractivity contribution < 1.29 is 8.42 Å². The van der Waals surface area contributed by atoms with Gasteiger partial charge < -0.3 is 4.90 Å². The van der Waals surface area contributed by atoms with Gasteiger partial charge in [0.05, 0.1) is 11.5 Å². The Hall–Kier alpha value is 0.390. The molecular formula is C10H18BrNO2S. The van der Waals surface area contributed by atoms with Crippen LogP contribution < -0.4 is 0 Å². The normalized spacial score (nSPS) is 32.1. The molecule has 1 saturated heterocycles. The molecule has 1 unspecified atom stereocenters. The third-order valence-electron chi connectivity index (χ3n) is 3.66. The van der Waals surface area contributed by atoms with Gasteiger partial charge in [-0.3, -0.25) is 0 Å². The molecule has 1 atom stereocenters. The van der Waals surface area contributed by atoms with Crippen LogP contribution in [0.3, 0.4) is 0 Å². The van der Waals surface area contributed by atoms with Crippen LogP contribution in [0.15, 0.2) is 0 Å². The highest BCUT2D eigenvalue weighted by Crippen LogP contribution is 2.47. The summed E-state index contributed by atoms with van der Waals surface area (Å²) in [6.45, 7) is 1.04. The van der Waals surface area contributed by atoms with Crippen LogP contribution in [0.1, 0.15) is 19.3 Å². The SMILES string of the molecule is CN(CC1(CBr)CC1)C1CCS(=O)(=O)C1. The predicted octanol–water partition coefficient (Wildman–Crippen LogP) is 1.28. The van der Waals surface area contributed by atoms with Crippen molar-refractivity contribution in [3.05, 3.63) is 0 Å². The molecule has 0 aromatic carbocycles. The van der Waals surface area contributed by atoms with Crippen LogP contribution >= 0.6 is 15.9 Å². The first-order valence-corrected chi connectivity index (χ1v) is 8.37. The molecule has 1 heterocycles. The van der Waals surface area contributed by atoms with E-state index in [1.165, 1.54) is 12.8 Å². The second-order valence-corrected chi connectivity index (χ2v) is 7.90. The Balaban J connectivity index is 1.90. The number of hydrogen-bond acceptors (Lipinski definition) is 3. The average Bonchev–Trinajstić information content (AvgIpc) is 2.84. The molecule has 2 rings (SSSR count). The molecule has 3 nitrogen and oxygen atoms in total. The molecule has 1 aliphatic carbocycles. The summed E-state index contributed by atoms with van der Waals surface area (Å²) in [5, 5.41) is 1.05. The van der Waals surface area contributed by atoms with Gasteiger partial charge in [-0.25, -0.2) is 8.42 Å². The summed E-state index contributed by atoms with van der Waals surface area (Å²) in [6, 6.07) is 0.256. The lowest BCUT2D eigenvalue weighted by molar-refractivity contribution is 0.221. The van der Waals surface area contributed by atoms with E-state index >= 15 is 0 Å².